The van der Waals surface area contributed by atoms with Gasteiger partial charge in [0.05, 0.1) is 19.8 Å². The fourth-order valence-electron chi connectivity index (χ4n) is 1.59. The second kappa shape index (κ2) is 6.56. The summed E-state index contributed by atoms with van der Waals surface area (Å²) in [6.07, 6.45) is 0. The summed E-state index contributed by atoms with van der Waals surface area (Å²) in [6, 6.07) is -0.321. The van der Waals surface area contributed by atoms with E-state index in [1.807, 2.05) is 6.92 Å². The van der Waals surface area contributed by atoms with Gasteiger partial charge in [0.2, 0.25) is 11.8 Å². The van der Waals surface area contributed by atoms with E-state index < -0.39 is 0 Å². The molecule has 17 heavy (non-hydrogen) atoms. The van der Waals surface area contributed by atoms with Crippen molar-refractivity contribution in [3.8, 4) is 0 Å². The first-order valence-electron chi connectivity index (χ1n) is 5.86. The average molecular weight is 243 g/mol. The maximum atomic E-state index is 12.1. The minimum Gasteiger partial charge on any atom is -0.378 e. The molecular formula is C11H21N3O3. The number of carbonyl (C=O) groups is 2. The van der Waals surface area contributed by atoms with Gasteiger partial charge in [0.1, 0.15) is 6.04 Å². The molecule has 1 N–H and O–H groups in total. The van der Waals surface area contributed by atoms with Crippen LogP contribution < -0.4 is 5.32 Å². The number of hydrogen-bond acceptors (Lipinski definition) is 4. The molecule has 1 atom stereocenters. The second-order valence-corrected chi connectivity index (χ2v) is 4.22. The Bertz CT molecular complexity index is 275. The molecule has 1 aliphatic rings. The Morgan fingerprint density at radius 1 is 1.41 bits per heavy atom. The van der Waals surface area contributed by atoms with E-state index in [2.05, 4.69) is 5.32 Å². The van der Waals surface area contributed by atoms with Crippen molar-refractivity contribution in [2.45, 2.75) is 13.0 Å². The third-order valence-electron chi connectivity index (χ3n) is 2.74. The summed E-state index contributed by atoms with van der Waals surface area (Å²) < 4.78 is 5.24. The molecule has 0 aromatic rings. The number of carbonyl (C=O) groups excluding carboxylic acids is 2. The molecule has 0 aromatic carbocycles. The van der Waals surface area contributed by atoms with Gasteiger partial charge in [-0.3, -0.25) is 9.59 Å². The molecule has 1 aliphatic heterocycles. The molecule has 1 saturated heterocycles. The predicted molar refractivity (Wildman–Crippen MR) is 63.6 cm³/mol. The van der Waals surface area contributed by atoms with Crippen LogP contribution in [-0.4, -0.2) is 74.6 Å². The van der Waals surface area contributed by atoms with Crippen molar-refractivity contribution in [1.29, 1.82) is 0 Å². The van der Waals surface area contributed by atoms with Crippen LogP contribution in [-0.2, 0) is 14.3 Å². The van der Waals surface area contributed by atoms with Gasteiger partial charge in [-0.15, -0.1) is 0 Å². The van der Waals surface area contributed by atoms with Crippen molar-refractivity contribution >= 4 is 11.8 Å². The molecular weight excluding hydrogens is 222 g/mol. The highest BCUT2D eigenvalue weighted by Crippen LogP contribution is 2.01. The second-order valence-electron chi connectivity index (χ2n) is 4.22. The molecule has 6 heteroatoms. The summed E-state index contributed by atoms with van der Waals surface area (Å²) >= 11 is 0. The van der Waals surface area contributed by atoms with Gasteiger partial charge in [-0.2, -0.15) is 0 Å². The van der Waals surface area contributed by atoms with E-state index in [0.29, 0.717) is 26.3 Å². The van der Waals surface area contributed by atoms with E-state index in [0.717, 1.165) is 0 Å². The van der Waals surface area contributed by atoms with Crippen LogP contribution in [0, 0.1) is 0 Å². The van der Waals surface area contributed by atoms with E-state index in [9.17, 15) is 9.59 Å². The van der Waals surface area contributed by atoms with Crippen LogP contribution in [0.3, 0.4) is 0 Å². The quantitative estimate of drug-likeness (QED) is 0.681. The van der Waals surface area contributed by atoms with Gasteiger partial charge < -0.3 is 19.9 Å². The summed E-state index contributed by atoms with van der Waals surface area (Å²) in [6.45, 7) is 4.20. The van der Waals surface area contributed by atoms with Gasteiger partial charge in [0.15, 0.2) is 0 Å². The van der Waals surface area contributed by atoms with Crippen molar-refractivity contribution in [1.82, 2.24) is 15.1 Å². The lowest BCUT2D eigenvalue weighted by molar-refractivity contribution is -0.142. The number of ether oxygens (including phenoxy) is 1. The number of likely N-dealkylation sites (N-methyl/N-ethyl adjacent to an activating group) is 2. The minimum atomic E-state index is -0.321. The van der Waals surface area contributed by atoms with Crippen LogP contribution in [0.2, 0.25) is 0 Å². The SMILES string of the molecule is CCN(CC(=O)N(C)C)C(=O)C1COCCN1. The number of nitrogens with one attached hydrogen (secondary N) is 1. The standard InChI is InChI=1S/C11H21N3O3/c1-4-14(7-10(15)13(2)3)11(16)9-8-17-6-5-12-9/h9,12H,4-8H2,1-3H3. The van der Waals surface area contributed by atoms with Gasteiger partial charge in [-0.05, 0) is 6.92 Å². The van der Waals surface area contributed by atoms with Crippen LogP contribution in [0.5, 0.6) is 0 Å². The van der Waals surface area contributed by atoms with Crippen LogP contribution in [0.15, 0.2) is 0 Å². The molecule has 1 heterocycles. The largest absolute Gasteiger partial charge is 0.378 e. The first kappa shape index (κ1) is 13.9. The van der Waals surface area contributed by atoms with E-state index in [4.69, 9.17) is 4.74 Å². The molecule has 0 spiro atoms. The minimum absolute atomic E-state index is 0.0672. The zero-order valence-corrected chi connectivity index (χ0v) is 10.7. The first-order chi connectivity index (χ1) is 8.06. The smallest absolute Gasteiger partial charge is 0.242 e. The highest BCUT2D eigenvalue weighted by atomic mass is 16.5. The van der Waals surface area contributed by atoms with Crippen molar-refractivity contribution in [3.63, 3.8) is 0 Å². The maximum absolute atomic E-state index is 12.1. The first-order valence-corrected chi connectivity index (χ1v) is 5.86. The number of hydrogen-bond donors (Lipinski definition) is 1. The van der Waals surface area contributed by atoms with Gasteiger partial charge in [0.25, 0.3) is 0 Å². The summed E-state index contributed by atoms with van der Waals surface area (Å²) in [5.41, 5.74) is 0. The molecule has 0 bridgehead atoms. The highest BCUT2D eigenvalue weighted by molar-refractivity contribution is 5.87. The van der Waals surface area contributed by atoms with E-state index in [-0.39, 0.29) is 24.4 Å². The van der Waals surface area contributed by atoms with E-state index >= 15 is 0 Å². The lowest BCUT2D eigenvalue weighted by Gasteiger charge is -2.29. The van der Waals surface area contributed by atoms with E-state index in [1.165, 1.54) is 4.90 Å². The normalized spacial score (nSPS) is 19.8. The van der Waals surface area contributed by atoms with Gasteiger partial charge >= 0.3 is 0 Å². The zero-order chi connectivity index (χ0) is 12.8. The van der Waals surface area contributed by atoms with Crippen LogP contribution in [0.4, 0.5) is 0 Å². The third-order valence-corrected chi connectivity index (χ3v) is 2.74. The average Bonchev–Trinajstić information content (AvgIpc) is 2.35. The van der Waals surface area contributed by atoms with Crippen LogP contribution in [0.1, 0.15) is 6.92 Å². The van der Waals surface area contributed by atoms with Crippen molar-refractivity contribution < 1.29 is 14.3 Å². The maximum Gasteiger partial charge on any atom is 0.242 e. The molecule has 1 fully saturated rings. The highest BCUT2D eigenvalue weighted by Gasteiger charge is 2.26. The Kier molecular flexibility index (Phi) is 5.37. The Hall–Kier alpha value is -1.14. The molecule has 0 saturated carbocycles. The summed E-state index contributed by atoms with van der Waals surface area (Å²) in [5.74, 6) is -0.140. The number of amides is 2. The number of rotatable bonds is 4. The predicted octanol–water partition coefficient (Wildman–Crippen LogP) is -1.09. The Labute approximate surface area is 102 Å². The lowest BCUT2D eigenvalue weighted by Crippen LogP contribution is -2.54. The zero-order valence-electron chi connectivity index (χ0n) is 10.7. The fraction of sp³-hybridized carbons (Fsp3) is 0.818. The molecule has 6 nitrogen and oxygen atoms in total. The third kappa shape index (κ3) is 3.98. The summed E-state index contributed by atoms with van der Waals surface area (Å²) in [5, 5.41) is 3.10. The Morgan fingerprint density at radius 2 is 2.12 bits per heavy atom. The molecule has 1 rings (SSSR count). The Balaban J connectivity index is 2.53. The van der Waals surface area contributed by atoms with Gasteiger partial charge in [-0.1, -0.05) is 0 Å². The Morgan fingerprint density at radius 3 is 2.59 bits per heavy atom. The summed E-state index contributed by atoms with van der Waals surface area (Å²) in [7, 11) is 3.37. The van der Waals surface area contributed by atoms with Crippen molar-refractivity contribution in [3.05, 3.63) is 0 Å². The molecule has 1 unspecified atom stereocenters. The monoisotopic (exact) mass is 243 g/mol. The van der Waals surface area contributed by atoms with E-state index in [1.54, 1.807) is 19.0 Å². The topological polar surface area (TPSA) is 61.9 Å². The van der Waals surface area contributed by atoms with Crippen LogP contribution in [0.25, 0.3) is 0 Å². The van der Waals surface area contributed by atoms with Crippen molar-refractivity contribution in [2.75, 3.05) is 46.9 Å². The molecule has 98 valence electrons. The van der Waals surface area contributed by atoms with Gasteiger partial charge in [-0.25, -0.2) is 0 Å². The van der Waals surface area contributed by atoms with Crippen molar-refractivity contribution in [2.24, 2.45) is 0 Å². The molecule has 0 radical (unpaired) electrons. The molecule has 0 aliphatic carbocycles. The van der Waals surface area contributed by atoms with Crippen LogP contribution >= 0.6 is 0 Å². The molecule has 0 aromatic heterocycles. The molecule has 2 amide bonds. The number of nitrogens with zero attached hydrogens (tertiary/aromatic N) is 2. The summed E-state index contributed by atoms with van der Waals surface area (Å²) in [4.78, 5) is 26.7. The fourth-order valence-corrected chi connectivity index (χ4v) is 1.59. The lowest BCUT2D eigenvalue weighted by atomic mass is 10.2. The number of morpholine rings is 1. The van der Waals surface area contributed by atoms with Gasteiger partial charge in [0, 0.05) is 27.2 Å².